The molecule has 2 aliphatic rings. The maximum atomic E-state index is 11.8. The van der Waals surface area contributed by atoms with E-state index in [-0.39, 0.29) is 11.5 Å². The molecule has 55 heavy (non-hydrogen) atoms. The molecule has 0 spiro atoms. The zero-order valence-electron chi connectivity index (χ0n) is 29.7. The number of hydrogen-bond acceptors (Lipinski definition) is 4. The number of H-pyrrole nitrogens is 2. The van der Waals surface area contributed by atoms with Crippen LogP contribution in [-0.2, 0) is 4.79 Å². The van der Waals surface area contributed by atoms with Gasteiger partial charge < -0.3 is 20.4 Å². The number of amides is 1. The van der Waals surface area contributed by atoms with E-state index in [9.17, 15) is 14.7 Å². The smallest absolute Gasteiger partial charge is 0.335 e. The second kappa shape index (κ2) is 13.8. The monoisotopic (exact) mass is 715 g/mol. The summed E-state index contributed by atoms with van der Waals surface area (Å²) in [7, 11) is 0. The van der Waals surface area contributed by atoms with E-state index in [2.05, 4.69) is 57.7 Å². The maximum absolute atomic E-state index is 11.8. The number of nitrogens with zero attached hydrogens (tertiary/aromatic N) is 2. The van der Waals surface area contributed by atoms with Crippen LogP contribution in [-0.4, -0.2) is 36.9 Å². The number of benzene rings is 4. The summed E-state index contributed by atoms with van der Waals surface area (Å²) >= 11 is 0. The quantitative estimate of drug-likeness (QED) is 0.136. The number of carboxylic acids is 1. The summed E-state index contributed by atoms with van der Waals surface area (Å²) < 4.78 is 0. The third kappa shape index (κ3) is 6.32. The molecule has 0 fully saturated rings. The van der Waals surface area contributed by atoms with Gasteiger partial charge in [-0.15, -0.1) is 0 Å². The van der Waals surface area contributed by atoms with Crippen LogP contribution in [0.1, 0.15) is 40.1 Å². The Hall–Kier alpha value is -7.58. The fourth-order valence-corrected chi connectivity index (χ4v) is 7.33. The molecule has 0 saturated heterocycles. The van der Waals surface area contributed by atoms with Crippen LogP contribution in [0.25, 0.3) is 90.9 Å². The first-order valence-electron chi connectivity index (χ1n) is 17.9. The van der Waals surface area contributed by atoms with Gasteiger partial charge in [0.05, 0.1) is 28.3 Å². The van der Waals surface area contributed by atoms with Gasteiger partial charge in [-0.3, -0.25) is 4.79 Å². The normalized spacial score (nSPS) is 11.8. The molecule has 2 aliphatic heterocycles. The Kier molecular flexibility index (Phi) is 8.32. The highest BCUT2D eigenvalue weighted by Crippen LogP contribution is 2.38. The van der Waals surface area contributed by atoms with Gasteiger partial charge in [-0.05, 0) is 95.1 Å². The number of nitrogens with one attached hydrogen (secondary N) is 3. The molecule has 0 radical (unpaired) electrons. The van der Waals surface area contributed by atoms with Crippen LogP contribution in [0, 0.1) is 0 Å². The fourth-order valence-electron chi connectivity index (χ4n) is 7.33. The molecule has 8 nitrogen and oxygen atoms in total. The molecule has 0 aliphatic carbocycles. The van der Waals surface area contributed by atoms with Gasteiger partial charge in [0, 0.05) is 56.9 Å². The lowest BCUT2D eigenvalue weighted by Crippen LogP contribution is -2.05. The SMILES string of the molecule is CC(=O)Nc1ccc(-c2c3nc(c(-c4ccccc4)c4ccc([nH]4)c(-c4ccc(C(=O)O)cc4)c4nc(c(-c5ccccc5)c5ccc2[nH]5)C=C4)C=C3)cc1. The van der Waals surface area contributed by atoms with Crippen LogP contribution < -0.4 is 5.32 Å². The maximum Gasteiger partial charge on any atom is 0.335 e. The summed E-state index contributed by atoms with van der Waals surface area (Å²) in [4.78, 5) is 41.7. The van der Waals surface area contributed by atoms with Crippen molar-refractivity contribution in [3.8, 4) is 44.5 Å². The van der Waals surface area contributed by atoms with Crippen molar-refractivity contribution < 1.29 is 14.7 Å². The summed E-state index contributed by atoms with van der Waals surface area (Å²) in [6.07, 6.45) is 8.14. The number of carboxylic acid groups (broad SMARTS) is 1. The highest BCUT2D eigenvalue weighted by atomic mass is 16.4. The van der Waals surface area contributed by atoms with Crippen molar-refractivity contribution in [3.05, 3.63) is 162 Å². The first kappa shape index (κ1) is 33.3. The van der Waals surface area contributed by atoms with Gasteiger partial charge in [-0.1, -0.05) is 84.9 Å². The lowest BCUT2D eigenvalue weighted by atomic mass is 10.0. The summed E-state index contributed by atoms with van der Waals surface area (Å²) in [6.45, 7) is 1.50. The first-order chi connectivity index (χ1) is 26.9. The molecule has 7 aromatic rings. The Morgan fingerprint density at radius 3 is 1.16 bits per heavy atom. The van der Waals surface area contributed by atoms with Crippen LogP contribution in [0.2, 0.25) is 0 Å². The molecule has 3 aromatic heterocycles. The Labute approximate surface area is 316 Å². The van der Waals surface area contributed by atoms with Crippen molar-refractivity contribution >= 4 is 63.9 Å². The molecule has 8 bridgehead atoms. The van der Waals surface area contributed by atoms with Crippen LogP contribution in [0.4, 0.5) is 5.69 Å². The second-order valence-corrected chi connectivity index (χ2v) is 13.4. The molecule has 0 unspecified atom stereocenters. The largest absolute Gasteiger partial charge is 0.478 e. The van der Waals surface area contributed by atoms with Gasteiger partial charge in [-0.25, -0.2) is 14.8 Å². The number of aromatic nitrogens is 4. The zero-order chi connectivity index (χ0) is 37.5. The van der Waals surface area contributed by atoms with E-state index in [0.717, 1.165) is 89.4 Å². The molecule has 1 amide bonds. The first-order valence-corrected chi connectivity index (χ1v) is 17.9. The Morgan fingerprint density at radius 2 is 0.818 bits per heavy atom. The van der Waals surface area contributed by atoms with E-state index in [4.69, 9.17) is 9.97 Å². The van der Waals surface area contributed by atoms with E-state index in [1.165, 1.54) is 6.92 Å². The fraction of sp³-hybridized carbons (Fsp3) is 0.0213. The van der Waals surface area contributed by atoms with Crippen molar-refractivity contribution in [2.75, 3.05) is 5.32 Å². The van der Waals surface area contributed by atoms with E-state index in [1.54, 1.807) is 12.1 Å². The van der Waals surface area contributed by atoms with E-state index < -0.39 is 5.97 Å². The highest BCUT2D eigenvalue weighted by Gasteiger charge is 2.19. The van der Waals surface area contributed by atoms with Crippen molar-refractivity contribution in [1.29, 1.82) is 0 Å². The van der Waals surface area contributed by atoms with Crippen molar-refractivity contribution in [2.24, 2.45) is 0 Å². The average Bonchev–Trinajstić information content (AvgIpc) is 4.04. The van der Waals surface area contributed by atoms with Crippen LogP contribution in [0.15, 0.2) is 133 Å². The van der Waals surface area contributed by atoms with Crippen molar-refractivity contribution in [2.45, 2.75) is 6.92 Å². The number of carbonyl (C=O) groups is 2. The molecule has 8 heteroatoms. The molecule has 4 N–H and O–H groups in total. The van der Waals surface area contributed by atoms with Crippen molar-refractivity contribution in [1.82, 2.24) is 19.9 Å². The van der Waals surface area contributed by atoms with Gasteiger partial charge in [0.15, 0.2) is 0 Å². The predicted molar refractivity (Wildman–Crippen MR) is 222 cm³/mol. The zero-order valence-corrected chi connectivity index (χ0v) is 29.7. The minimum atomic E-state index is -0.982. The van der Waals surface area contributed by atoms with E-state index in [0.29, 0.717) is 5.69 Å². The van der Waals surface area contributed by atoms with Gasteiger partial charge in [-0.2, -0.15) is 0 Å². The third-order valence-electron chi connectivity index (χ3n) is 9.79. The molecule has 9 rings (SSSR count). The molecule has 4 aromatic carbocycles. The third-order valence-corrected chi connectivity index (χ3v) is 9.79. The summed E-state index contributed by atoms with van der Waals surface area (Å²) in [5, 5.41) is 12.5. The lowest BCUT2D eigenvalue weighted by Gasteiger charge is -2.08. The van der Waals surface area contributed by atoms with E-state index >= 15 is 0 Å². The van der Waals surface area contributed by atoms with Crippen LogP contribution >= 0.6 is 0 Å². The molecule has 5 heterocycles. The standard InChI is InChI=1S/C47H33N5O3/c1-28(53)48-34-18-16-32(17-19-34)46-41-26-22-37(51-41)43(29-8-4-2-5-9-29)35-20-24-39(49-35)45(31-12-14-33(15-13-31)47(54)55)40-25-21-36(50-40)44(30-10-6-3-7-11-30)38-23-27-42(46)52-38/h2-27,49,52H,1H3,(H,48,53)(H,54,55). The summed E-state index contributed by atoms with van der Waals surface area (Å²) in [5.41, 5.74) is 14.8. The number of rotatable bonds is 6. The Morgan fingerprint density at radius 1 is 0.473 bits per heavy atom. The summed E-state index contributed by atoms with van der Waals surface area (Å²) in [5.74, 6) is -1.11. The molecule has 264 valence electrons. The Bertz CT molecular complexity index is 2830. The highest BCUT2D eigenvalue weighted by molar-refractivity contribution is 6.00. The van der Waals surface area contributed by atoms with Crippen LogP contribution in [0.5, 0.6) is 0 Å². The number of fused-ring (bicyclic) bond motifs is 8. The predicted octanol–water partition coefficient (Wildman–Crippen LogP) is 11.0. The van der Waals surface area contributed by atoms with Gasteiger partial charge >= 0.3 is 5.97 Å². The number of aromatic amines is 2. The molecular weight excluding hydrogens is 683 g/mol. The van der Waals surface area contributed by atoms with Gasteiger partial charge in [0.1, 0.15) is 0 Å². The topological polar surface area (TPSA) is 124 Å². The van der Waals surface area contributed by atoms with Gasteiger partial charge in [0.2, 0.25) is 5.91 Å². The number of aromatic carboxylic acids is 1. The second-order valence-electron chi connectivity index (χ2n) is 13.4. The molecule has 0 saturated carbocycles. The number of hydrogen-bond donors (Lipinski definition) is 4. The van der Waals surface area contributed by atoms with Crippen LogP contribution in [0.3, 0.4) is 0 Å². The summed E-state index contributed by atoms with van der Waals surface area (Å²) in [6, 6.07) is 43.3. The van der Waals surface area contributed by atoms with Gasteiger partial charge in [0.25, 0.3) is 0 Å². The average molecular weight is 716 g/mol. The van der Waals surface area contributed by atoms with E-state index in [1.807, 2.05) is 103 Å². The lowest BCUT2D eigenvalue weighted by molar-refractivity contribution is -0.114. The molecular formula is C47H33N5O3. The number of anilines is 1. The molecule has 0 atom stereocenters. The van der Waals surface area contributed by atoms with Crippen molar-refractivity contribution in [3.63, 3.8) is 0 Å². The minimum Gasteiger partial charge on any atom is -0.478 e. The Balaban J connectivity index is 1.42. The minimum absolute atomic E-state index is 0.132. The number of carbonyl (C=O) groups excluding carboxylic acids is 1.